The fourth-order valence-corrected chi connectivity index (χ4v) is 2.34. The first-order chi connectivity index (χ1) is 8.54. The molecule has 1 saturated carbocycles. The highest BCUT2D eigenvalue weighted by atomic mass is 16.5. The smallest absolute Gasteiger partial charge is 0.122 e. The molecule has 0 spiro atoms. The summed E-state index contributed by atoms with van der Waals surface area (Å²) in [6.07, 6.45) is 2.63. The van der Waals surface area contributed by atoms with Crippen molar-refractivity contribution in [2.24, 2.45) is 5.92 Å². The number of nitriles is 1. The third-order valence-electron chi connectivity index (χ3n) is 3.41. The Bertz CT molecular complexity index is 283. The van der Waals surface area contributed by atoms with E-state index >= 15 is 0 Å². The number of likely N-dealkylation sites (N-methyl/N-ethyl adjacent to an activating group) is 2. The largest absolute Gasteiger partial charge is 0.377 e. The first-order valence-corrected chi connectivity index (χ1v) is 7.00. The number of nitrogens with one attached hydrogen (secondary N) is 1. The molecule has 4 nitrogen and oxygen atoms in total. The Hall–Kier alpha value is -0.630. The van der Waals surface area contributed by atoms with E-state index in [1.807, 2.05) is 13.8 Å². The lowest BCUT2D eigenvalue weighted by molar-refractivity contribution is 0.0595. The van der Waals surface area contributed by atoms with Gasteiger partial charge in [0.05, 0.1) is 18.8 Å². The second kappa shape index (κ2) is 7.08. The molecule has 0 radical (unpaired) electrons. The summed E-state index contributed by atoms with van der Waals surface area (Å²) in [4.78, 5) is 2.20. The minimum atomic E-state index is -0.360. The molecule has 4 heteroatoms. The monoisotopic (exact) mass is 253 g/mol. The zero-order valence-corrected chi connectivity index (χ0v) is 12.2. The van der Waals surface area contributed by atoms with Crippen LogP contribution in [0, 0.1) is 17.2 Å². The predicted molar refractivity (Wildman–Crippen MR) is 73.3 cm³/mol. The highest BCUT2D eigenvalue weighted by Crippen LogP contribution is 2.39. The summed E-state index contributed by atoms with van der Waals surface area (Å²) in [5.74, 6) is 0.524. The van der Waals surface area contributed by atoms with Gasteiger partial charge in [-0.05, 0) is 46.2 Å². The number of hydrogen-bond donors (Lipinski definition) is 1. The molecule has 0 heterocycles. The Morgan fingerprint density at radius 2 is 2.17 bits per heavy atom. The molecule has 0 aromatic rings. The minimum Gasteiger partial charge on any atom is -0.377 e. The molecular weight excluding hydrogens is 226 g/mol. The van der Waals surface area contributed by atoms with Crippen molar-refractivity contribution in [2.45, 2.75) is 45.3 Å². The Morgan fingerprint density at radius 3 is 2.61 bits per heavy atom. The lowest BCUT2D eigenvalue weighted by Gasteiger charge is -2.32. The quantitative estimate of drug-likeness (QED) is 0.678. The van der Waals surface area contributed by atoms with Gasteiger partial charge in [0.1, 0.15) is 5.54 Å². The van der Waals surface area contributed by atoms with E-state index in [0.29, 0.717) is 5.92 Å². The van der Waals surface area contributed by atoms with Gasteiger partial charge in [-0.1, -0.05) is 6.92 Å². The van der Waals surface area contributed by atoms with Crippen LogP contribution in [0.4, 0.5) is 0 Å². The van der Waals surface area contributed by atoms with Crippen LogP contribution < -0.4 is 5.32 Å². The van der Waals surface area contributed by atoms with Crippen molar-refractivity contribution in [3.63, 3.8) is 0 Å². The van der Waals surface area contributed by atoms with Crippen LogP contribution in [0.5, 0.6) is 0 Å². The van der Waals surface area contributed by atoms with Gasteiger partial charge >= 0.3 is 0 Å². The van der Waals surface area contributed by atoms with E-state index in [1.54, 1.807) is 0 Å². The van der Waals surface area contributed by atoms with E-state index < -0.39 is 0 Å². The van der Waals surface area contributed by atoms with Crippen molar-refractivity contribution in [1.29, 1.82) is 5.26 Å². The molecule has 1 unspecified atom stereocenters. The van der Waals surface area contributed by atoms with Gasteiger partial charge < -0.3 is 9.64 Å². The SMILES string of the molecule is CCNC(C#N)(CN(C)CCOC(C)C)C1CC1. The molecule has 0 aromatic heterocycles. The first-order valence-electron chi connectivity index (χ1n) is 7.00. The highest BCUT2D eigenvalue weighted by Gasteiger charge is 2.45. The maximum Gasteiger partial charge on any atom is 0.122 e. The Kier molecular flexibility index (Phi) is 6.07. The molecule has 1 fully saturated rings. The highest BCUT2D eigenvalue weighted by molar-refractivity contribution is 5.16. The molecule has 1 aliphatic carbocycles. The molecule has 0 bridgehead atoms. The van der Waals surface area contributed by atoms with Crippen LogP contribution >= 0.6 is 0 Å². The average Bonchev–Trinajstić information content (AvgIpc) is 3.12. The van der Waals surface area contributed by atoms with Crippen LogP contribution in [-0.4, -0.2) is 49.8 Å². The van der Waals surface area contributed by atoms with Crippen molar-refractivity contribution in [3.05, 3.63) is 0 Å². The van der Waals surface area contributed by atoms with Gasteiger partial charge in [0.15, 0.2) is 0 Å². The average molecular weight is 253 g/mol. The molecule has 1 N–H and O–H groups in total. The topological polar surface area (TPSA) is 48.3 Å². The molecule has 1 rings (SSSR count). The van der Waals surface area contributed by atoms with Crippen LogP contribution in [0.1, 0.15) is 33.6 Å². The fraction of sp³-hybridized carbons (Fsp3) is 0.929. The molecule has 1 atom stereocenters. The molecule has 0 aromatic carbocycles. The number of rotatable bonds is 9. The van der Waals surface area contributed by atoms with Crippen molar-refractivity contribution in [1.82, 2.24) is 10.2 Å². The van der Waals surface area contributed by atoms with Crippen LogP contribution in [0.3, 0.4) is 0 Å². The van der Waals surface area contributed by atoms with Crippen molar-refractivity contribution in [3.8, 4) is 6.07 Å². The molecule has 0 aliphatic heterocycles. The van der Waals surface area contributed by atoms with Crippen LogP contribution in [0.25, 0.3) is 0 Å². The lowest BCUT2D eigenvalue weighted by atomic mass is 9.94. The summed E-state index contributed by atoms with van der Waals surface area (Å²) in [7, 11) is 2.06. The van der Waals surface area contributed by atoms with Crippen LogP contribution in [0.2, 0.25) is 0 Å². The van der Waals surface area contributed by atoms with Crippen molar-refractivity contribution < 1.29 is 4.74 Å². The Labute approximate surface area is 111 Å². The third-order valence-corrected chi connectivity index (χ3v) is 3.41. The normalized spacial score (nSPS) is 18.9. The van der Waals surface area contributed by atoms with Crippen molar-refractivity contribution in [2.75, 3.05) is 33.3 Å². The van der Waals surface area contributed by atoms with E-state index in [2.05, 4.69) is 30.3 Å². The summed E-state index contributed by atoms with van der Waals surface area (Å²) in [5.41, 5.74) is -0.360. The molecule has 0 saturated heterocycles. The van der Waals surface area contributed by atoms with E-state index in [0.717, 1.165) is 26.2 Å². The van der Waals surface area contributed by atoms with E-state index in [1.165, 1.54) is 12.8 Å². The number of hydrogen-bond acceptors (Lipinski definition) is 4. The fourth-order valence-electron chi connectivity index (χ4n) is 2.34. The number of nitrogens with zero attached hydrogens (tertiary/aromatic N) is 2. The minimum absolute atomic E-state index is 0.274. The van der Waals surface area contributed by atoms with Gasteiger partial charge in [-0.25, -0.2) is 0 Å². The maximum absolute atomic E-state index is 9.51. The van der Waals surface area contributed by atoms with Gasteiger partial charge in [0.2, 0.25) is 0 Å². The van der Waals surface area contributed by atoms with E-state index in [9.17, 15) is 5.26 Å². The Balaban J connectivity index is 2.42. The van der Waals surface area contributed by atoms with Gasteiger partial charge in [0, 0.05) is 13.1 Å². The molecule has 104 valence electrons. The van der Waals surface area contributed by atoms with E-state index in [-0.39, 0.29) is 11.6 Å². The van der Waals surface area contributed by atoms with Crippen LogP contribution in [-0.2, 0) is 4.74 Å². The van der Waals surface area contributed by atoms with Crippen molar-refractivity contribution >= 4 is 0 Å². The second-order valence-corrected chi connectivity index (χ2v) is 5.55. The molecule has 18 heavy (non-hydrogen) atoms. The lowest BCUT2D eigenvalue weighted by Crippen LogP contribution is -2.54. The van der Waals surface area contributed by atoms with Gasteiger partial charge in [-0.15, -0.1) is 0 Å². The van der Waals surface area contributed by atoms with Gasteiger partial charge in [0.25, 0.3) is 0 Å². The summed E-state index contributed by atoms with van der Waals surface area (Å²) in [6, 6.07) is 2.51. The zero-order chi connectivity index (χ0) is 13.6. The summed E-state index contributed by atoms with van der Waals surface area (Å²) >= 11 is 0. The summed E-state index contributed by atoms with van der Waals surface area (Å²) in [5, 5.41) is 12.9. The second-order valence-electron chi connectivity index (χ2n) is 5.55. The van der Waals surface area contributed by atoms with E-state index in [4.69, 9.17) is 4.74 Å². The zero-order valence-electron chi connectivity index (χ0n) is 12.2. The summed E-state index contributed by atoms with van der Waals surface area (Å²) in [6.45, 7) is 9.39. The van der Waals surface area contributed by atoms with Gasteiger partial charge in [-0.2, -0.15) is 5.26 Å². The summed E-state index contributed by atoms with van der Waals surface area (Å²) < 4.78 is 5.55. The standard InChI is InChI=1S/C14H27N3O/c1-5-16-14(10-15,13-6-7-13)11-17(4)8-9-18-12(2)3/h12-13,16H,5-9,11H2,1-4H3. The molecule has 1 aliphatic rings. The molecule has 0 amide bonds. The van der Waals surface area contributed by atoms with Gasteiger partial charge in [-0.3, -0.25) is 5.32 Å². The number of ether oxygens (including phenoxy) is 1. The molecular formula is C14H27N3O. The third kappa shape index (κ3) is 4.56. The van der Waals surface area contributed by atoms with Crippen LogP contribution in [0.15, 0.2) is 0 Å². The predicted octanol–water partition coefficient (Wildman–Crippen LogP) is 1.63. The Morgan fingerprint density at radius 1 is 1.50 bits per heavy atom. The maximum atomic E-state index is 9.51. The first kappa shape index (κ1) is 15.4.